The van der Waals surface area contributed by atoms with Crippen molar-refractivity contribution in [3.05, 3.63) is 29.8 Å². The molecule has 1 saturated carbocycles. The lowest BCUT2D eigenvalue weighted by Gasteiger charge is -2.20. The van der Waals surface area contributed by atoms with Crippen molar-refractivity contribution in [2.45, 2.75) is 74.8 Å². The van der Waals surface area contributed by atoms with Crippen LogP contribution in [0.1, 0.15) is 56.9 Å². The summed E-state index contributed by atoms with van der Waals surface area (Å²) in [4.78, 5) is 12.6. The van der Waals surface area contributed by atoms with Crippen molar-refractivity contribution in [3.8, 4) is 0 Å². The molecule has 1 aromatic carbocycles. The van der Waals surface area contributed by atoms with Gasteiger partial charge < -0.3 is 10.1 Å². The smallest absolute Gasteiger partial charge is 0.243 e. The predicted molar refractivity (Wildman–Crippen MR) is 109 cm³/mol. The highest BCUT2D eigenvalue weighted by Gasteiger charge is 2.28. The molecule has 1 heterocycles. The fourth-order valence-electron chi connectivity index (χ4n) is 4.17. The minimum absolute atomic E-state index is 0.0233. The van der Waals surface area contributed by atoms with Crippen molar-refractivity contribution in [3.63, 3.8) is 0 Å². The number of carbonyl (C=O) groups excluding carboxylic acids is 1. The highest BCUT2D eigenvalue weighted by atomic mass is 32.2. The third-order valence-electron chi connectivity index (χ3n) is 5.87. The van der Waals surface area contributed by atoms with Gasteiger partial charge in [0.1, 0.15) is 0 Å². The monoisotopic (exact) mass is 408 g/mol. The van der Waals surface area contributed by atoms with Crippen LogP contribution >= 0.6 is 0 Å². The van der Waals surface area contributed by atoms with Gasteiger partial charge in [-0.05, 0) is 56.2 Å². The fourth-order valence-corrected chi connectivity index (χ4v) is 5.69. The van der Waals surface area contributed by atoms with Crippen molar-refractivity contribution in [1.82, 2.24) is 9.62 Å². The van der Waals surface area contributed by atoms with Crippen molar-refractivity contribution in [2.75, 3.05) is 20.2 Å². The first-order valence-electron chi connectivity index (χ1n) is 10.4. The lowest BCUT2D eigenvalue weighted by molar-refractivity contribution is -0.122. The van der Waals surface area contributed by atoms with Crippen LogP contribution in [-0.4, -0.2) is 51.0 Å². The van der Waals surface area contributed by atoms with Gasteiger partial charge in [-0.15, -0.1) is 0 Å². The zero-order valence-electron chi connectivity index (χ0n) is 16.7. The van der Waals surface area contributed by atoms with Gasteiger partial charge in [-0.25, -0.2) is 8.42 Å². The van der Waals surface area contributed by atoms with Gasteiger partial charge >= 0.3 is 0 Å². The lowest BCUT2D eigenvalue weighted by Crippen LogP contribution is -2.40. The molecule has 0 bridgehead atoms. The first-order valence-corrected chi connectivity index (χ1v) is 11.9. The number of rotatable bonds is 7. The van der Waals surface area contributed by atoms with E-state index in [0.29, 0.717) is 30.8 Å². The summed E-state index contributed by atoms with van der Waals surface area (Å²) in [6.45, 7) is 1.21. The van der Waals surface area contributed by atoms with Gasteiger partial charge in [0.2, 0.25) is 15.9 Å². The molecular weight excluding hydrogens is 376 g/mol. The summed E-state index contributed by atoms with van der Waals surface area (Å²) in [6, 6.07) is 7.10. The molecule has 0 radical (unpaired) electrons. The zero-order chi connectivity index (χ0) is 20.0. The largest absolute Gasteiger partial charge is 0.379 e. The fraction of sp³-hybridized carbons (Fsp3) is 0.667. The minimum atomic E-state index is -3.42. The van der Waals surface area contributed by atoms with Crippen molar-refractivity contribution in [1.29, 1.82) is 0 Å². The second-order valence-corrected chi connectivity index (χ2v) is 9.78. The van der Waals surface area contributed by atoms with Gasteiger partial charge in [0.05, 0.1) is 17.0 Å². The number of nitrogens with one attached hydrogen (secondary N) is 1. The molecule has 2 atom stereocenters. The van der Waals surface area contributed by atoms with E-state index in [1.54, 1.807) is 23.5 Å². The predicted octanol–water partition coefficient (Wildman–Crippen LogP) is 2.87. The maximum atomic E-state index is 12.8. The maximum absolute atomic E-state index is 12.8. The molecule has 28 heavy (non-hydrogen) atoms. The lowest BCUT2D eigenvalue weighted by atomic mass is 10.1. The summed E-state index contributed by atoms with van der Waals surface area (Å²) in [5, 5.41) is 3.07. The van der Waals surface area contributed by atoms with Crippen LogP contribution in [0.4, 0.5) is 0 Å². The van der Waals surface area contributed by atoms with Crippen LogP contribution in [0.2, 0.25) is 0 Å². The van der Waals surface area contributed by atoms with Gasteiger partial charge in [-0.1, -0.05) is 25.0 Å². The van der Waals surface area contributed by atoms with E-state index in [4.69, 9.17) is 4.74 Å². The first-order chi connectivity index (χ1) is 13.5. The van der Waals surface area contributed by atoms with E-state index in [1.807, 2.05) is 12.1 Å². The van der Waals surface area contributed by atoms with E-state index in [9.17, 15) is 13.2 Å². The van der Waals surface area contributed by atoms with Gasteiger partial charge in [0.15, 0.2) is 0 Å². The molecule has 7 heteroatoms. The molecule has 156 valence electrons. The highest BCUT2D eigenvalue weighted by Crippen LogP contribution is 2.22. The Bertz CT molecular complexity index is 740. The molecule has 0 aromatic heterocycles. The number of ether oxygens (including phenoxy) is 1. The molecule has 2 aliphatic rings. The molecule has 1 aromatic rings. The first kappa shape index (κ1) is 21.3. The second kappa shape index (κ2) is 9.85. The Morgan fingerprint density at radius 2 is 1.75 bits per heavy atom. The summed E-state index contributed by atoms with van der Waals surface area (Å²) < 4.78 is 32.7. The van der Waals surface area contributed by atoms with Crippen LogP contribution in [0.5, 0.6) is 0 Å². The van der Waals surface area contributed by atoms with Crippen LogP contribution in [-0.2, 0) is 26.0 Å². The van der Waals surface area contributed by atoms with Crippen molar-refractivity contribution >= 4 is 15.9 Å². The van der Waals surface area contributed by atoms with E-state index in [0.717, 1.165) is 50.5 Å². The molecule has 1 aliphatic carbocycles. The highest BCUT2D eigenvalue weighted by molar-refractivity contribution is 7.89. The third kappa shape index (κ3) is 5.33. The summed E-state index contributed by atoms with van der Waals surface area (Å²) >= 11 is 0. The molecule has 2 fully saturated rings. The number of benzene rings is 1. The number of aryl methyl sites for hydroxylation is 1. The standard InChI is InChI=1S/C21H32N2O4S/c1-27-20-8-6-7-19(20)22-21(24)14-11-17-9-12-18(13-10-17)28(25,26)23-15-4-2-3-5-16-23/h9-10,12-13,19-20H,2-8,11,14-16H2,1H3,(H,22,24)/t19-,20-/m1/s1. The van der Waals surface area contributed by atoms with Crippen LogP contribution in [0.15, 0.2) is 29.2 Å². The number of nitrogens with zero attached hydrogens (tertiary/aromatic N) is 1. The molecule has 1 amide bonds. The van der Waals surface area contributed by atoms with Crippen LogP contribution in [0, 0.1) is 0 Å². The molecule has 0 unspecified atom stereocenters. The van der Waals surface area contributed by atoms with Crippen molar-refractivity contribution < 1.29 is 17.9 Å². The Morgan fingerprint density at radius 1 is 1.07 bits per heavy atom. The summed E-state index contributed by atoms with van der Waals surface area (Å²) in [7, 11) is -1.73. The second-order valence-electron chi connectivity index (χ2n) is 7.84. The van der Waals surface area contributed by atoms with Gasteiger partial charge in [0, 0.05) is 26.6 Å². The average molecular weight is 409 g/mol. The van der Waals surface area contributed by atoms with Gasteiger partial charge in [0.25, 0.3) is 0 Å². The number of methoxy groups -OCH3 is 1. The Hall–Kier alpha value is -1.44. The molecule has 1 aliphatic heterocycles. The van der Waals surface area contributed by atoms with Crippen LogP contribution in [0.3, 0.4) is 0 Å². The molecule has 1 N–H and O–H groups in total. The van der Waals surface area contributed by atoms with E-state index in [-0.39, 0.29) is 18.1 Å². The van der Waals surface area contributed by atoms with E-state index in [2.05, 4.69) is 5.32 Å². The molecular formula is C21H32N2O4S. The normalized spacial score (nSPS) is 24.0. The Labute approximate surface area is 168 Å². The number of amides is 1. The quantitative estimate of drug-likeness (QED) is 0.753. The summed E-state index contributed by atoms with van der Waals surface area (Å²) in [6.07, 6.45) is 8.20. The van der Waals surface area contributed by atoms with E-state index < -0.39 is 10.0 Å². The van der Waals surface area contributed by atoms with E-state index in [1.165, 1.54) is 0 Å². The number of hydrogen-bond donors (Lipinski definition) is 1. The molecule has 6 nitrogen and oxygen atoms in total. The SMILES string of the molecule is CO[C@@H]1CCC[C@H]1NC(=O)CCc1ccc(S(=O)(=O)N2CCCCCC2)cc1. The van der Waals surface area contributed by atoms with E-state index >= 15 is 0 Å². The Kier molecular flexibility index (Phi) is 7.48. The zero-order valence-corrected chi connectivity index (χ0v) is 17.5. The number of sulfonamides is 1. The van der Waals surface area contributed by atoms with Crippen molar-refractivity contribution in [2.24, 2.45) is 0 Å². The number of hydrogen-bond acceptors (Lipinski definition) is 4. The molecule has 3 rings (SSSR count). The summed E-state index contributed by atoms with van der Waals surface area (Å²) in [5.41, 5.74) is 0.972. The van der Waals surface area contributed by atoms with Gasteiger partial charge in [-0.2, -0.15) is 4.31 Å². The third-order valence-corrected chi connectivity index (χ3v) is 7.78. The van der Waals surface area contributed by atoms with Crippen LogP contribution in [0.25, 0.3) is 0 Å². The Balaban J connectivity index is 1.53. The minimum Gasteiger partial charge on any atom is -0.379 e. The molecule has 0 spiro atoms. The van der Waals surface area contributed by atoms with Crippen LogP contribution < -0.4 is 5.32 Å². The summed E-state index contributed by atoms with van der Waals surface area (Å²) in [5.74, 6) is 0.0233. The average Bonchev–Trinajstić information content (AvgIpc) is 2.96. The topological polar surface area (TPSA) is 75.7 Å². The molecule has 1 saturated heterocycles. The number of carbonyl (C=O) groups is 1. The maximum Gasteiger partial charge on any atom is 0.243 e. The Morgan fingerprint density at radius 3 is 2.39 bits per heavy atom. The van der Waals surface area contributed by atoms with Gasteiger partial charge in [-0.3, -0.25) is 4.79 Å².